The van der Waals surface area contributed by atoms with Gasteiger partial charge in [0.15, 0.2) is 11.8 Å². The number of pyridine rings is 1. The van der Waals surface area contributed by atoms with Gasteiger partial charge in [-0.15, -0.1) is 24.0 Å². The Morgan fingerprint density at radius 1 is 1.45 bits per heavy atom. The summed E-state index contributed by atoms with van der Waals surface area (Å²) in [5.41, 5.74) is 6.86. The van der Waals surface area contributed by atoms with Crippen LogP contribution in [0.5, 0.6) is 0 Å². The minimum atomic E-state index is 0. The lowest BCUT2D eigenvalue weighted by Crippen LogP contribution is -2.33. The van der Waals surface area contributed by atoms with Crippen LogP contribution >= 0.6 is 24.0 Å². The zero-order chi connectivity index (χ0) is 13.1. The largest absolute Gasteiger partial charge is 0.370 e. The van der Waals surface area contributed by atoms with Crippen LogP contribution in [0.1, 0.15) is 18.4 Å². The SMILES string of the molecule is I.NC(=NCc1ccnc(-n2cccn2)c1)NC1CC1. The fourth-order valence-corrected chi connectivity index (χ4v) is 1.75. The predicted octanol–water partition coefficient (Wildman–Crippen LogP) is 1.45. The van der Waals surface area contributed by atoms with Crippen LogP contribution in [0.25, 0.3) is 5.82 Å². The first-order valence-electron chi connectivity index (χ1n) is 6.33. The van der Waals surface area contributed by atoms with E-state index in [0.29, 0.717) is 18.5 Å². The molecule has 20 heavy (non-hydrogen) atoms. The van der Waals surface area contributed by atoms with Gasteiger partial charge in [0.25, 0.3) is 0 Å². The Bertz CT molecular complexity index is 576. The Kier molecular flexibility index (Phi) is 4.94. The molecule has 7 heteroatoms. The molecule has 0 saturated heterocycles. The second-order valence-electron chi connectivity index (χ2n) is 4.59. The van der Waals surface area contributed by atoms with Crippen LogP contribution in [-0.2, 0) is 6.54 Å². The Morgan fingerprint density at radius 2 is 2.30 bits per heavy atom. The number of guanidine groups is 1. The molecule has 2 aromatic rings. The quantitative estimate of drug-likeness (QED) is 0.475. The smallest absolute Gasteiger partial charge is 0.189 e. The van der Waals surface area contributed by atoms with E-state index < -0.39 is 0 Å². The van der Waals surface area contributed by atoms with E-state index in [1.54, 1.807) is 17.1 Å². The van der Waals surface area contributed by atoms with Crippen LogP contribution in [0.3, 0.4) is 0 Å². The molecule has 0 aliphatic heterocycles. The maximum absolute atomic E-state index is 5.80. The van der Waals surface area contributed by atoms with Crippen molar-refractivity contribution in [2.75, 3.05) is 0 Å². The zero-order valence-corrected chi connectivity index (χ0v) is 13.3. The molecule has 3 N–H and O–H groups in total. The molecular weight excluding hydrogens is 367 g/mol. The molecule has 106 valence electrons. The molecule has 2 aromatic heterocycles. The predicted molar refractivity (Wildman–Crippen MR) is 88.3 cm³/mol. The summed E-state index contributed by atoms with van der Waals surface area (Å²) >= 11 is 0. The highest BCUT2D eigenvalue weighted by Crippen LogP contribution is 2.18. The third-order valence-corrected chi connectivity index (χ3v) is 2.91. The summed E-state index contributed by atoms with van der Waals surface area (Å²) in [6.07, 6.45) is 7.72. The highest BCUT2D eigenvalue weighted by atomic mass is 127. The van der Waals surface area contributed by atoms with Gasteiger partial charge in [0, 0.05) is 24.6 Å². The summed E-state index contributed by atoms with van der Waals surface area (Å²) in [4.78, 5) is 8.60. The van der Waals surface area contributed by atoms with E-state index >= 15 is 0 Å². The lowest BCUT2D eigenvalue weighted by Gasteiger charge is -2.04. The molecule has 0 bridgehead atoms. The van der Waals surface area contributed by atoms with Crippen LogP contribution in [0.2, 0.25) is 0 Å². The second-order valence-corrected chi connectivity index (χ2v) is 4.59. The average Bonchev–Trinajstić information content (AvgIpc) is 3.07. The van der Waals surface area contributed by atoms with Crippen LogP contribution in [-0.4, -0.2) is 26.8 Å². The van der Waals surface area contributed by atoms with Crippen molar-refractivity contribution in [2.45, 2.75) is 25.4 Å². The van der Waals surface area contributed by atoms with Gasteiger partial charge in [0.05, 0.1) is 6.54 Å². The molecule has 0 spiro atoms. The molecule has 0 amide bonds. The number of aromatic nitrogens is 3. The van der Waals surface area contributed by atoms with Crippen LogP contribution in [0, 0.1) is 0 Å². The van der Waals surface area contributed by atoms with E-state index in [2.05, 4.69) is 20.4 Å². The second kappa shape index (κ2) is 6.69. The standard InChI is InChI=1S/C13H16N6.HI/c14-13(18-11-2-3-11)16-9-10-4-6-15-12(8-10)19-7-1-5-17-19;/h1,4-8,11H,2-3,9H2,(H3,14,16,18);1H. The molecule has 1 saturated carbocycles. The van der Waals surface area contributed by atoms with Crippen molar-refractivity contribution in [1.29, 1.82) is 0 Å². The molecular formula is C13H17IN6. The molecule has 0 radical (unpaired) electrons. The van der Waals surface area contributed by atoms with Gasteiger partial charge in [-0.05, 0) is 36.6 Å². The number of nitrogens with two attached hydrogens (primary N) is 1. The molecule has 0 unspecified atom stereocenters. The summed E-state index contributed by atoms with van der Waals surface area (Å²) < 4.78 is 1.72. The minimum Gasteiger partial charge on any atom is -0.370 e. The molecule has 1 fully saturated rings. The molecule has 3 rings (SSSR count). The first-order chi connectivity index (χ1) is 9.31. The maximum Gasteiger partial charge on any atom is 0.189 e. The lowest BCUT2D eigenvalue weighted by molar-refractivity contribution is 0.839. The molecule has 0 atom stereocenters. The Balaban J connectivity index is 0.00000147. The highest BCUT2D eigenvalue weighted by molar-refractivity contribution is 14.0. The number of halogens is 1. The topological polar surface area (TPSA) is 81.1 Å². The van der Waals surface area contributed by atoms with Gasteiger partial charge < -0.3 is 11.1 Å². The summed E-state index contributed by atoms with van der Waals surface area (Å²) in [5, 5.41) is 7.31. The number of aliphatic imine (C=N–C) groups is 1. The van der Waals surface area contributed by atoms with E-state index in [-0.39, 0.29) is 24.0 Å². The van der Waals surface area contributed by atoms with Crippen LogP contribution in [0.15, 0.2) is 41.8 Å². The normalized spacial score (nSPS) is 14.7. The van der Waals surface area contributed by atoms with E-state index in [4.69, 9.17) is 5.73 Å². The molecule has 1 aliphatic rings. The van der Waals surface area contributed by atoms with Crippen LogP contribution < -0.4 is 11.1 Å². The van der Waals surface area contributed by atoms with Gasteiger partial charge >= 0.3 is 0 Å². The van der Waals surface area contributed by atoms with Crippen molar-refractivity contribution in [3.63, 3.8) is 0 Å². The Hall–Kier alpha value is -1.64. The molecule has 1 aliphatic carbocycles. The van der Waals surface area contributed by atoms with Gasteiger partial charge in [-0.2, -0.15) is 5.10 Å². The van der Waals surface area contributed by atoms with Crippen LogP contribution in [0.4, 0.5) is 0 Å². The van der Waals surface area contributed by atoms with Gasteiger partial charge in [-0.25, -0.2) is 14.7 Å². The maximum atomic E-state index is 5.80. The van der Waals surface area contributed by atoms with Crippen molar-refractivity contribution in [3.8, 4) is 5.82 Å². The van der Waals surface area contributed by atoms with Gasteiger partial charge in [0.1, 0.15) is 0 Å². The van der Waals surface area contributed by atoms with E-state index in [1.165, 1.54) is 12.8 Å². The lowest BCUT2D eigenvalue weighted by atomic mass is 10.2. The van der Waals surface area contributed by atoms with Crippen molar-refractivity contribution < 1.29 is 0 Å². The van der Waals surface area contributed by atoms with Crippen molar-refractivity contribution in [3.05, 3.63) is 42.4 Å². The third kappa shape index (κ3) is 3.92. The fourth-order valence-electron chi connectivity index (χ4n) is 1.75. The van der Waals surface area contributed by atoms with Crippen molar-refractivity contribution in [1.82, 2.24) is 20.1 Å². The number of nitrogens with zero attached hydrogens (tertiary/aromatic N) is 4. The molecule has 6 nitrogen and oxygen atoms in total. The number of rotatable bonds is 4. The van der Waals surface area contributed by atoms with Crippen molar-refractivity contribution in [2.24, 2.45) is 10.7 Å². The summed E-state index contributed by atoms with van der Waals surface area (Å²) in [7, 11) is 0. The first kappa shape index (κ1) is 14.8. The van der Waals surface area contributed by atoms with Gasteiger partial charge in [-0.1, -0.05) is 0 Å². The summed E-state index contributed by atoms with van der Waals surface area (Å²) in [6.45, 7) is 0.544. The van der Waals surface area contributed by atoms with E-state index in [0.717, 1.165) is 11.4 Å². The monoisotopic (exact) mass is 384 g/mol. The average molecular weight is 384 g/mol. The number of nitrogens with one attached hydrogen (secondary N) is 1. The van der Waals surface area contributed by atoms with Gasteiger partial charge in [-0.3, -0.25) is 0 Å². The number of hydrogen-bond donors (Lipinski definition) is 2. The molecule has 2 heterocycles. The van der Waals surface area contributed by atoms with E-state index in [1.807, 2.05) is 24.4 Å². The molecule has 0 aromatic carbocycles. The Labute approximate surface area is 134 Å². The zero-order valence-electron chi connectivity index (χ0n) is 10.9. The first-order valence-corrected chi connectivity index (χ1v) is 6.33. The van der Waals surface area contributed by atoms with E-state index in [9.17, 15) is 0 Å². The third-order valence-electron chi connectivity index (χ3n) is 2.91. The Morgan fingerprint density at radius 3 is 3.00 bits per heavy atom. The highest BCUT2D eigenvalue weighted by Gasteiger charge is 2.21. The number of hydrogen-bond acceptors (Lipinski definition) is 3. The van der Waals surface area contributed by atoms with Crippen molar-refractivity contribution >= 4 is 29.9 Å². The summed E-state index contributed by atoms with van der Waals surface area (Å²) in [6, 6.07) is 6.28. The van der Waals surface area contributed by atoms with Gasteiger partial charge in [0.2, 0.25) is 0 Å². The fraction of sp³-hybridized carbons (Fsp3) is 0.308. The summed E-state index contributed by atoms with van der Waals surface area (Å²) in [5.74, 6) is 1.30. The minimum absolute atomic E-state index is 0.